The molecule has 0 radical (unpaired) electrons. The summed E-state index contributed by atoms with van der Waals surface area (Å²) in [5.74, 6) is -13.1. The summed E-state index contributed by atoms with van der Waals surface area (Å²) < 4.78 is 0. The molecule has 14 heteroatoms. The van der Waals surface area contributed by atoms with Crippen LogP contribution in [0.4, 0.5) is 0 Å². The molecule has 0 aromatic rings. The van der Waals surface area contributed by atoms with Crippen LogP contribution in [-0.4, -0.2) is 35.8 Å². The molecule has 0 heterocycles. The number of aliphatic carboxylic acids is 6. The summed E-state index contributed by atoms with van der Waals surface area (Å²) in [5.41, 5.74) is 0. The van der Waals surface area contributed by atoms with Crippen LogP contribution in [0.2, 0.25) is 0 Å². The first-order chi connectivity index (χ1) is 7.93. The van der Waals surface area contributed by atoms with Crippen molar-refractivity contribution in [3.63, 3.8) is 0 Å². The van der Waals surface area contributed by atoms with Gasteiger partial charge in [0.15, 0.2) is 0 Å². The molecule has 0 saturated heterocycles. The molecule has 0 aromatic heterocycles. The molecule has 0 atom stereocenters. The van der Waals surface area contributed by atoms with Crippen LogP contribution in [0.25, 0.3) is 0 Å². The van der Waals surface area contributed by atoms with Gasteiger partial charge in [0.25, 0.3) is 0 Å². The van der Waals surface area contributed by atoms with Gasteiger partial charge in [-0.1, -0.05) is 0 Å². The molecule has 12 nitrogen and oxygen atoms in total. The van der Waals surface area contributed by atoms with Crippen LogP contribution in [0, 0.1) is 0 Å². The molecule has 0 N–H and O–H groups in total. The van der Waals surface area contributed by atoms with Gasteiger partial charge in [-0.15, -0.1) is 0 Å². The number of carbonyl (C=O) groups is 6. The Morgan fingerprint density at radius 1 is 0.400 bits per heavy atom. The van der Waals surface area contributed by atoms with Crippen molar-refractivity contribution in [1.82, 2.24) is 0 Å². The Balaban J connectivity index is -0.0000000536. The van der Waals surface area contributed by atoms with Gasteiger partial charge in [-0.05, 0) is 0 Å². The molecule has 0 aliphatic rings. The number of hydrogen-bond acceptors (Lipinski definition) is 12. The van der Waals surface area contributed by atoms with E-state index in [0.717, 1.165) is 0 Å². The maximum atomic E-state index is 8.93. The number of hydrogen-bond donors (Lipinski definition) is 0. The van der Waals surface area contributed by atoms with Gasteiger partial charge in [-0.25, -0.2) is 0 Å². The van der Waals surface area contributed by atoms with Crippen LogP contribution in [0.1, 0.15) is 0 Å². The number of carbonyl (C=O) groups excluding carboxylic acids is 6. The minimum atomic E-state index is -2.19. The first-order valence-electron chi connectivity index (χ1n) is 3.20. The molecule has 0 saturated carbocycles. The van der Waals surface area contributed by atoms with E-state index in [1.165, 1.54) is 0 Å². The van der Waals surface area contributed by atoms with E-state index in [4.69, 9.17) is 59.4 Å². The third-order valence-electron chi connectivity index (χ3n) is 0.500. The topological polar surface area (TPSA) is 241 Å². The second-order valence-electron chi connectivity index (χ2n) is 1.72. The monoisotopic (exact) mass is 418 g/mol. The minimum absolute atomic E-state index is 0. The number of carboxylic acid groups (broad SMARTS) is 6. The number of carboxylic acids is 6. The van der Waals surface area contributed by atoms with Crippen molar-refractivity contribution >= 4 is 35.8 Å². The van der Waals surface area contributed by atoms with E-state index in [0.29, 0.717) is 0 Å². The Kier molecular flexibility index (Phi) is 26.2. The van der Waals surface area contributed by atoms with E-state index < -0.39 is 35.8 Å². The summed E-state index contributed by atoms with van der Waals surface area (Å²) in [6, 6.07) is 0. The molecule has 0 fully saturated rings. The summed E-state index contributed by atoms with van der Waals surface area (Å²) in [7, 11) is 0. The van der Waals surface area contributed by atoms with Gasteiger partial charge in [0, 0.05) is 0 Å². The predicted octanol–water partition coefficient (Wildman–Crippen LogP) is -10.5. The van der Waals surface area contributed by atoms with Gasteiger partial charge in [0.1, 0.15) is 0 Å². The molecular weight excluding hydrogens is 416 g/mol. The van der Waals surface area contributed by atoms with Crippen LogP contribution in [-0.2, 0) is 66.9 Å². The van der Waals surface area contributed by atoms with Crippen LogP contribution in [0.3, 0.4) is 0 Å². The van der Waals surface area contributed by atoms with Crippen LogP contribution in [0.15, 0.2) is 0 Å². The standard InChI is InChI=1S/3C2H2O4.Fe.Mo/c3*3-1(4)2(5)6;;/h3*(H,3,4)(H,5,6);;/q;;;+2;+4/p-6. The van der Waals surface area contributed by atoms with Crippen molar-refractivity contribution in [1.29, 1.82) is 0 Å². The SMILES string of the molecule is O=C([O-])C(=O)[O-].O=C([O-])C(=O)[O-].O=C([O-])C(=O)[O-].[Fe+2].[Mo+4]. The third kappa shape index (κ3) is 36.0. The Hall–Kier alpha value is -1.97. The normalized spacial score (nSPS) is 6.60. The van der Waals surface area contributed by atoms with Gasteiger partial charge >= 0.3 is 38.1 Å². The van der Waals surface area contributed by atoms with Gasteiger partial charge in [0.2, 0.25) is 0 Å². The first-order valence-corrected chi connectivity index (χ1v) is 3.20. The van der Waals surface area contributed by atoms with E-state index in [-0.39, 0.29) is 38.1 Å². The van der Waals surface area contributed by atoms with Crippen LogP contribution < -0.4 is 30.6 Å². The second-order valence-corrected chi connectivity index (χ2v) is 1.72. The average molecular weight is 416 g/mol. The smallest absolute Gasteiger partial charge is 0.543 e. The van der Waals surface area contributed by atoms with Crippen molar-refractivity contribution < 1.29 is 97.5 Å². The third-order valence-corrected chi connectivity index (χ3v) is 0.500. The fourth-order valence-corrected chi connectivity index (χ4v) is 0. The zero-order valence-electron chi connectivity index (χ0n) is 8.66. The van der Waals surface area contributed by atoms with E-state index in [1.807, 2.05) is 0 Å². The zero-order valence-corrected chi connectivity index (χ0v) is 11.8. The molecule has 0 bridgehead atoms. The molecule has 0 spiro atoms. The van der Waals surface area contributed by atoms with Gasteiger partial charge in [-0.2, -0.15) is 0 Å². The van der Waals surface area contributed by atoms with Gasteiger partial charge < -0.3 is 59.4 Å². The van der Waals surface area contributed by atoms with Crippen molar-refractivity contribution in [2.24, 2.45) is 0 Å². The fraction of sp³-hybridized carbons (Fsp3) is 0. The predicted molar refractivity (Wildman–Crippen MR) is 30.0 cm³/mol. The second kappa shape index (κ2) is 17.0. The van der Waals surface area contributed by atoms with E-state index in [9.17, 15) is 0 Å². The van der Waals surface area contributed by atoms with Crippen LogP contribution >= 0.6 is 0 Å². The zero-order chi connectivity index (χ0) is 15.5. The minimum Gasteiger partial charge on any atom is -0.543 e. The van der Waals surface area contributed by atoms with Crippen molar-refractivity contribution in [2.45, 2.75) is 0 Å². The summed E-state index contributed by atoms with van der Waals surface area (Å²) in [5, 5.41) is 53.6. The largest absolute Gasteiger partial charge is 4.00 e. The molecule has 0 amide bonds. The molecule has 0 aliphatic heterocycles. The number of rotatable bonds is 0. The Morgan fingerprint density at radius 3 is 0.450 bits per heavy atom. The Bertz CT molecular complexity index is 283. The molecule has 0 rings (SSSR count). The van der Waals surface area contributed by atoms with E-state index in [1.54, 1.807) is 0 Å². The maximum absolute atomic E-state index is 8.93. The van der Waals surface area contributed by atoms with Crippen LogP contribution in [0.5, 0.6) is 0 Å². The summed E-state index contributed by atoms with van der Waals surface area (Å²) in [4.78, 5) is 53.6. The van der Waals surface area contributed by atoms with Crippen molar-refractivity contribution in [3.05, 3.63) is 0 Å². The first kappa shape index (κ1) is 30.8. The molecule has 0 unspecified atom stereocenters. The summed E-state index contributed by atoms with van der Waals surface area (Å²) in [6.45, 7) is 0. The van der Waals surface area contributed by atoms with Crippen molar-refractivity contribution in [3.8, 4) is 0 Å². The molecule has 110 valence electrons. The van der Waals surface area contributed by atoms with E-state index in [2.05, 4.69) is 0 Å². The average Bonchev–Trinajstić information content (AvgIpc) is 2.18. The maximum Gasteiger partial charge on any atom is 4.00 e. The van der Waals surface area contributed by atoms with Gasteiger partial charge in [0.05, 0.1) is 35.8 Å². The summed E-state index contributed by atoms with van der Waals surface area (Å²) >= 11 is 0. The van der Waals surface area contributed by atoms with E-state index >= 15 is 0 Å². The Labute approximate surface area is 133 Å². The van der Waals surface area contributed by atoms with Gasteiger partial charge in [-0.3, -0.25) is 0 Å². The molecule has 0 aromatic carbocycles. The Morgan fingerprint density at radius 2 is 0.450 bits per heavy atom. The quantitative estimate of drug-likeness (QED) is 0.264. The fourth-order valence-electron chi connectivity index (χ4n) is 0. The molecule has 20 heavy (non-hydrogen) atoms. The van der Waals surface area contributed by atoms with Crippen molar-refractivity contribution in [2.75, 3.05) is 0 Å². The molecular formula is C6FeMoO12. The summed E-state index contributed by atoms with van der Waals surface area (Å²) in [6.07, 6.45) is 0. The molecule has 0 aliphatic carbocycles.